The predicted molar refractivity (Wildman–Crippen MR) is 78.3 cm³/mol. The van der Waals surface area contributed by atoms with Gasteiger partial charge in [-0.25, -0.2) is 0 Å². The van der Waals surface area contributed by atoms with Crippen molar-refractivity contribution in [1.29, 1.82) is 0 Å². The number of hydrogen-bond acceptors (Lipinski definition) is 4. The average molecular weight is 267 g/mol. The van der Waals surface area contributed by atoms with E-state index in [-0.39, 0.29) is 0 Å². The van der Waals surface area contributed by atoms with E-state index in [4.69, 9.17) is 14.2 Å². The summed E-state index contributed by atoms with van der Waals surface area (Å²) in [6.07, 6.45) is 1.10. The molecule has 0 fully saturated rings. The largest absolute Gasteiger partial charge is 0.497 e. The van der Waals surface area contributed by atoms with E-state index in [0.717, 1.165) is 36.8 Å². The van der Waals surface area contributed by atoms with Crippen molar-refractivity contribution < 1.29 is 14.2 Å². The van der Waals surface area contributed by atoms with Gasteiger partial charge in [0.05, 0.1) is 26.5 Å². The molecule has 0 aliphatic carbocycles. The van der Waals surface area contributed by atoms with E-state index < -0.39 is 0 Å². The molecule has 4 nitrogen and oxygen atoms in total. The second kappa shape index (κ2) is 8.64. The fourth-order valence-corrected chi connectivity index (χ4v) is 1.63. The Morgan fingerprint density at radius 2 is 1.89 bits per heavy atom. The Kier molecular flexibility index (Phi) is 7.11. The third-order valence-corrected chi connectivity index (χ3v) is 2.81. The van der Waals surface area contributed by atoms with E-state index in [1.807, 2.05) is 18.2 Å². The molecule has 0 saturated heterocycles. The Morgan fingerprint density at radius 3 is 2.53 bits per heavy atom. The SMILES string of the molecule is COc1ccc(OC)c(NCCOCCC(C)C)c1. The molecule has 1 aromatic carbocycles. The quantitative estimate of drug-likeness (QED) is 0.698. The highest BCUT2D eigenvalue weighted by Crippen LogP contribution is 2.28. The molecule has 0 atom stereocenters. The zero-order chi connectivity index (χ0) is 14.1. The van der Waals surface area contributed by atoms with E-state index in [1.54, 1.807) is 14.2 Å². The predicted octanol–water partition coefficient (Wildman–Crippen LogP) is 3.18. The maximum Gasteiger partial charge on any atom is 0.142 e. The summed E-state index contributed by atoms with van der Waals surface area (Å²) in [6, 6.07) is 5.69. The highest BCUT2D eigenvalue weighted by atomic mass is 16.5. The van der Waals surface area contributed by atoms with E-state index in [9.17, 15) is 0 Å². The monoisotopic (exact) mass is 267 g/mol. The Labute approximate surface area is 116 Å². The van der Waals surface area contributed by atoms with Crippen molar-refractivity contribution in [1.82, 2.24) is 0 Å². The summed E-state index contributed by atoms with van der Waals surface area (Å²) in [4.78, 5) is 0. The molecule has 1 N–H and O–H groups in total. The van der Waals surface area contributed by atoms with Crippen LogP contribution >= 0.6 is 0 Å². The van der Waals surface area contributed by atoms with Crippen LogP contribution in [-0.2, 0) is 4.74 Å². The first-order valence-electron chi connectivity index (χ1n) is 6.71. The summed E-state index contributed by atoms with van der Waals surface area (Å²) in [5.74, 6) is 2.30. The van der Waals surface area contributed by atoms with Crippen LogP contribution in [0.25, 0.3) is 0 Å². The third-order valence-electron chi connectivity index (χ3n) is 2.81. The molecule has 19 heavy (non-hydrogen) atoms. The molecule has 0 saturated carbocycles. The molecule has 4 heteroatoms. The number of methoxy groups -OCH3 is 2. The molecule has 108 valence electrons. The first kappa shape index (κ1) is 15.6. The van der Waals surface area contributed by atoms with Gasteiger partial charge in [0, 0.05) is 19.2 Å². The fourth-order valence-electron chi connectivity index (χ4n) is 1.63. The first-order chi connectivity index (χ1) is 9.17. The fraction of sp³-hybridized carbons (Fsp3) is 0.600. The number of nitrogens with one attached hydrogen (secondary N) is 1. The lowest BCUT2D eigenvalue weighted by atomic mass is 10.1. The Hall–Kier alpha value is -1.42. The van der Waals surface area contributed by atoms with Crippen molar-refractivity contribution in [2.45, 2.75) is 20.3 Å². The summed E-state index contributed by atoms with van der Waals surface area (Å²) >= 11 is 0. The molecule has 0 radical (unpaired) electrons. The third kappa shape index (κ3) is 5.83. The lowest BCUT2D eigenvalue weighted by Crippen LogP contribution is -2.11. The number of anilines is 1. The number of ether oxygens (including phenoxy) is 3. The Morgan fingerprint density at radius 1 is 1.11 bits per heavy atom. The van der Waals surface area contributed by atoms with Crippen LogP contribution in [0, 0.1) is 5.92 Å². The van der Waals surface area contributed by atoms with E-state index in [2.05, 4.69) is 19.2 Å². The van der Waals surface area contributed by atoms with Crippen LogP contribution in [0.3, 0.4) is 0 Å². The molecular weight excluding hydrogens is 242 g/mol. The molecule has 0 heterocycles. The summed E-state index contributed by atoms with van der Waals surface area (Å²) in [5.41, 5.74) is 0.925. The van der Waals surface area contributed by atoms with Crippen molar-refractivity contribution in [3.8, 4) is 11.5 Å². The number of benzene rings is 1. The van der Waals surface area contributed by atoms with E-state index >= 15 is 0 Å². The van der Waals surface area contributed by atoms with Crippen molar-refractivity contribution in [3.05, 3.63) is 18.2 Å². The normalized spacial score (nSPS) is 10.6. The standard InChI is InChI=1S/C15H25NO3/c1-12(2)7-9-19-10-8-16-14-11-13(17-3)5-6-15(14)18-4/h5-6,11-12,16H,7-10H2,1-4H3. The van der Waals surface area contributed by atoms with Gasteiger partial charge in [-0.15, -0.1) is 0 Å². The van der Waals surface area contributed by atoms with Crippen LogP contribution in [0.5, 0.6) is 11.5 Å². The average Bonchev–Trinajstić information content (AvgIpc) is 2.42. The van der Waals surface area contributed by atoms with Gasteiger partial charge in [0.1, 0.15) is 11.5 Å². The summed E-state index contributed by atoms with van der Waals surface area (Å²) < 4.78 is 16.1. The molecule has 0 amide bonds. The topological polar surface area (TPSA) is 39.7 Å². The van der Waals surface area contributed by atoms with Crippen LogP contribution in [0.1, 0.15) is 20.3 Å². The van der Waals surface area contributed by atoms with Gasteiger partial charge in [-0.05, 0) is 24.5 Å². The molecule has 0 aromatic heterocycles. The van der Waals surface area contributed by atoms with Crippen molar-refractivity contribution >= 4 is 5.69 Å². The van der Waals surface area contributed by atoms with Crippen LogP contribution < -0.4 is 14.8 Å². The Bertz CT molecular complexity index is 366. The van der Waals surface area contributed by atoms with Crippen LogP contribution in [0.15, 0.2) is 18.2 Å². The Balaban J connectivity index is 2.35. The van der Waals surface area contributed by atoms with Crippen LogP contribution in [0.4, 0.5) is 5.69 Å². The van der Waals surface area contributed by atoms with Gasteiger partial charge in [0.15, 0.2) is 0 Å². The smallest absolute Gasteiger partial charge is 0.142 e. The molecule has 0 aliphatic heterocycles. The molecule has 1 aromatic rings. The highest BCUT2D eigenvalue weighted by Gasteiger charge is 2.04. The van der Waals surface area contributed by atoms with Crippen LogP contribution in [0.2, 0.25) is 0 Å². The van der Waals surface area contributed by atoms with E-state index in [1.165, 1.54) is 0 Å². The summed E-state index contributed by atoms with van der Waals surface area (Å²) in [7, 11) is 3.31. The van der Waals surface area contributed by atoms with Gasteiger partial charge >= 0.3 is 0 Å². The minimum atomic E-state index is 0.687. The van der Waals surface area contributed by atoms with Crippen LogP contribution in [-0.4, -0.2) is 34.0 Å². The van der Waals surface area contributed by atoms with Gasteiger partial charge in [-0.3, -0.25) is 0 Å². The maximum absolute atomic E-state index is 5.56. The second-order valence-corrected chi connectivity index (χ2v) is 4.79. The lowest BCUT2D eigenvalue weighted by molar-refractivity contribution is 0.132. The number of rotatable bonds is 9. The minimum absolute atomic E-state index is 0.687. The van der Waals surface area contributed by atoms with Gasteiger partial charge in [-0.1, -0.05) is 13.8 Å². The first-order valence-corrected chi connectivity index (χ1v) is 6.71. The van der Waals surface area contributed by atoms with Gasteiger partial charge in [0.2, 0.25) is 0 Å². The summed E-state index contributed by atoms with van der Waals surface area (Å²) in [5, 5.41) is 3.30. The molecular formula is C15H25NO3. The molecule has 0 unspecified atom stereocenters. The number of hydrogen-bond donors (Lipinski definition) is 1. The van der Waals surface area contributed by atoms with Crippen molar-refractivity contribution in [2.24, 2.45) is 5.92 Å². The van der Waals surface area contributed by atoms with Gasteiger partial charge < -0.3 is 19.5 Å². The summed E-state index contributed by atoms with van der Waals surface area (Å²) in [6.45, 7) is 6.65. The molecule has 0 aliphatic rings. The molecule has 0 spiro atoms. The maximum atomic E-state index is 5.56. The van der Waals surface area contributed by atoms with E-state index in [0.29, 0.717) is 12.5 Å². The minimum Gasteiger partial charge on any atom is -0.497 e. The lowest BCUT2D eigenvalue weighted by Gasteiger charge is -2.13. The van der Waals surface area contributed by atoms with Gasteiger partial charge in [-0.2, -0.15) is 0 Å². The zero-order valence-corrected chi connectivity index (χ0v) is 12.4. The highest BCUT2D eigenvalue weighted by molar-refractivity contribution is 5.59. The zero-order valence-electron chi connectivity index (χ0n) is 12.4. The molecule has 1 rings (SSSR count). The van der Waals surface area contributed by atoms with Crippen molar-refractivity contribution in [2.75, 3.05) is 39.3 Å². The van der Waals surface area contributed by atoms with Crippen molar-refractivity contribution in [3.63, 3.8) is 0 Å². The molecule has 0 bridgehead atoms. The van der Waals surface area contributed by atoms with Gasteiger partial charge in [0.25, 0.3) is 0 Å². The second-order valence-electron chi connectivity index (χ2n) is 4.79.